The molecule has 0 heterocycles. The van der Waals surface area contributed by atoms with Gasteiger partial charge in [-0.2, -0.15) is 0 Å². The second-order valence-electron chi connectivity index (χ2n) is 10.7. The first-order chi connectivity index (χ1) is 20.0. The van der Waals surface area contributed by atoms with Crippen molar-refractivity contribution in [3.8, 4) is 0 Å². The van der Waals surface area contributed by atoms with Crippen molar-refractivity contribution in [1.29, 1.82) is 0 Å². The predicted molar refractivity (Wildman–Crippen MR) is 180 cm³/mol. The molecule has 1 aliphatic carbocycles. The van der Waals surface area contributed by atoms with Gasteiger partial charge in [0.25, 0.3) is 0 Å². The molecule has 0 amide bonds. The first-order valence-electron chi connectivity index (χ1n) is 14.9. The molecule has 0 spiro atoms. The summed E-state index contributed by atoms with van der Waals surface area (Å²) in [6.45, 7) is 12.9. The summed E-state index contributed by atoms with van der Waals surface area (Å²) in [5, 5.41) is 6.08. The van der Waals surface area contributed by atoms with E-state index in [0.29, 0.717) is 6.04 Å². The largest absolute Gasteiger partial charge is 0.372 e. The number of nitrogens with zero attached hydrogens (tertiary/aromatic N) is 2. The Labute approximate surface area is 245 Å². The lowest BCUT2D eigenvalue weighted by Crippen LogP contribution is -2.21. The van der Waals surface area contributed by atoms with Crippen LogP contribution in [0, 0.1) is 6.92 Å². The summed E-state index contributed by atoms with van der Waals surface area (Å²) < 4.78 is 0. The lowest BCUT2D eigenvalue weighted by Gasteiger charge is -2.22. The van der Waals surface area contributed by atoms with E-state index in [1.54, 1.807) is 0 Å². The summed E-state index contributed by atoms with van der Waals surface area (Å²) in [6.07, 6.45) is 9.79. The normalized spacial score (nSPS) is 13.4. The van der Waals surface area contributed by atoms with Crippen molar-refractivity contribution in [2.75, 3.05) is 23.3 Å². The Morgan fingerprint density at radius 1 is 0.756 bits per heavy atom. The Balaban J connectivity index is 1.64. The third-order valence-corrected chi connectivity index (χ3v) is 7.92. The minimum atomic E-state index is 0.314. The molecular formula is C38H41N3. The Bertz CT molecular complexity index is 1600. The van der Waals surface area contributed by atoms with Gasteiger partial charge in [0.1, 0.15) is 0 Å². The standard InChI is InChI=1S/C38H41N3/c1-6-28(5)39-31-21-15-29(16-22-31)38(30-17-23-33(24-18-30)41(7-2)8-3)36-25-26-37(35-12-10-9-11-34(35)36)40-32-19-13-27(4)14-20-32/h9-26,28,40H,6-8H2,1-5H3. The Kier molecular flexibility index (Phi) is 8.84. The van der Waals surface area contributed by atoms with Gasteiger partial charge in [0.05, 0.1) is 5.71 Å². The molecule has 0 aromatic heterocycles. The number of allylic oxidation sites excluding steroid dienone is 5. The third kappa shape index (κ3) is 6.36. The first kappa shape index (κ1) is 28.2. The highest BCUT2D eigenvalue weighted by Gasteiger charge is 2.16. The van der Waals surface area contributed by atoms with Crippen LogP contribution in [0.1, 0.15) is 50.8 Å². The van der Waals surface area contributed by atoms with Crippen LogP contribution in [-0.4, -0.2) is 24.8 Å². The van der Waals surface area contributed by atoms with E-state index in [4.69, 9.17) is 4.99 Å². The van der Waals surface area contributed by atoms with Crippen LogP contribution in [0.25, 0.3) is 16.3 Å². The smallest absolute Gasteiger partial charge is 0.0577 e. The van der Waals surface area contributed by atoms with Crippen LogP contribution < -0.4 is 10.2 Å². The molecule has 5 rings (SSSR count). The topological polar surface area (TPSA) is 27.6 Å². The highest BCUT2D eigenvalue weighted by atomic mass is 15.1. The summed E-state index contributed by atoms with van der Waals surface area (Å²) in [4.78, 5) is 7.24. The van der Waals surface area contributed by atoms with Crippen molar-refractivity contribution in [3.05, 3.63) is 131 Å². The van der Waals surface area contributed by atoms with Crippen LogP contribution in [0.2, 0.25) is 0 Å². The molecule has 0 saturated carbocycles. The minimum absolute atomic E-state index is 0.314. The van der Waals surface area contributed by atoms with E-state index < -0.39 is 0 Å². The zero-order chi connectivity index (χ0) is 28.8. The highest BCUT2D eigenvalue weighted by molar-refractivity contribution is 6.09. The molecule has 0 fully saturated rings. The van der Waals surface area contributed by atoms with E-state index in [1.165, 1.54) is 44.3 Å². The number of hydrogen-bond acceptors (Lipinski definition) is 3. The van der Waals surface area contributed by atoms with E-state index in [0.717, 1.165) is 36.6 Å². The maximum Gasteiger partial charge on any atom is 0.0577 e. The molecular weight excluding hydrogens is 498 g/mol. The van der Waals surface area contributed by atoms with Gasteiger partial charge < -0.3 is 10.2 Å². The molecule has 0 bridgehead atoms. The van der Waals surface area contributed by atoms with E-state index in [9.17, 15) is 0 Å². The van der Waals surface area contributed by atoms with E-state index in [2.05, 4.69) is 154 Å². The van der Waals surface area contributed by atoms with E-state index >= 15 is 0 Å². The monoisotopic (exact) mass is 539 g/mol. The van der Waals surface area contributed by atoms with Gasteiger partial charge in [-0.15, -0.1) is 0 Å². The zero-order valence-corrected chi connectivity index (χ0v) is 25.0. The van der Waals surface area contributed by atoms with Crippen LogP contribution >= 0.6 is 0 Å². The zero-order valence-electron chi connectivity index (χ0n) is 25.0. The average molecular weight is 540 g/mol. The van der Waals surface area contributed by atoms with Crippen LogP contribution in [0.4, 0.5) is 17.1 Å². The van der Waals surface area contributed by atoms with Gasteiger partial charge in [0.2, 0.25) is 0 Å². The number of anilines is 3. The van der Waals surface area contributed by atoms with E-state index in [1.807, 2.05) is 0 Å². The predicted octanol–water partition coefficient (Wildman–Crippen LogP) is 9.91. The van der Waals surface area contributed by atoms with Crippen molar-refractivity contribution in [2.45, 2.75) is 47.1 Å². The molecule has 3 heteroatoms. The van der Waals surface area contributed by atoms with Gasteiger partial charge in [-0.1, -0.05) is 79.2 Å². The fourth-order valence-electron chi connectivity index (χ4n) is 5.38. The molecule has 3 nitrogen and oxygen atoms in total. The Morgan fingerprint density at radius 3 is 2.05 bits per heavy atom. The third-order valence-electron chi connectivity index (χ3n) is 7.92. The van der Waals surface area contributed by atoms with Crippen molar-refractivity contribution in [3.63, 3.8) is 0 Å². The van der Waals surface area contributed by atoms with Gasteiger partial charge in [0, 0.05) is 41.6 Å². The fourth-order valence-corrected chi connectivity index (χ4v) is 5.38. The molecule has 1 unspecified atom stereocenters. The summed E-state index contributed by atoms with van der Waals surface area (Å²) in [6, 6.07) is 31.1. The summed E-state index contributed by atoms with van der Waals surface area (Å²) in [5.41, 5.74) is 10.6. The van der Waals surface area contributed by atoms with Gasteiger partial charge >= 0.3 is 0 Å². The number of aryl methyl sites for hydroxylation is 1. The molecule has 4 aromatic rings. The first-order valence-corrected chi connectivity index (χ1v) is 14.9. The molecule has 1 atom stereocenters. The van der Waals surface area contributed by atoms with Crippen molar-refractivity contribution < 1.29 is 0 Å². The van der Waals surface area contributed by atoms with Gasteiger partial charge in [-0.25, -0.2) is 0 Å². The molecule has 1 aliphatic rings. The van der Waals surface area contributed by atoms with Crippen molar-refractivity contribution in [1.82, 2.24) is 0 Å². The lowest BCUT2D eigenvalue weighted by atomic mass is 9.87. The van der Waals surface area contributed by atoms with Crippen LogP contribution in [0.3, 0.4) is 0 Å². The van der Waals surface area contributed by atoms with E-state index in [-0.39, 0.29) is 0 Å². The quantitative estimate of drug-likeness (QED) is 0.229. The summed E-state index contributed by atoms with van der Waals surface area (Å²) in [7, 11) is 0. The SMILES string of the molecule is CCC(C)N=C1C=CC(=C(c2ccc(N(CC)CC)cc2)c2ccc(Nc3ccc(C)cc3)c3ccccc23)C=C1. The lowest BCUT2D eigenvalue weighted by molar-refractivity contribution is 0.718. The van der Waals surface area contributed by atoms with Crippen LogP contribution in [0.15, 0.2) is 120 Å². The number of hydrogen-bond donors (Lipinski definition) is 1. The van der Waals surface area contributed by atoms with Crippen LogP contribution in [-0.2, 0) is 0 Å². The molecule has 41 heavy (non-hydrogen) atoms. The minimum Gasteiger partial charge on any atom is -0.372 e. The molecule has 0 aliphatic heterocycles. The molecule has 0 radical (unpaired) electrons. The molecule has 208 valence electrons. The van der Waals surface area contributed by atoms with Gasteiger partial charge in [0.15, 0.2) is 0 Å². The summed E-state index contributed by atoms with van der Waals surface area (Å²) in [5.74, 6) is 0. The summed E-state index contributed by atoms with van der Waals surface area (Å²) >= 11 is 0. The number of fused-ring (bicyclic) bond motifs is 1. The second kappa shape index (κ2) is 12.9. The number of nitrogens with one attached hydrogen (secondary N) is 1. The molecule has 0 saturated heterocycles. The number of rotatable bonds is 9. The van der Waals surface area contributed by atoms with Gasteiger partial charge in [-0.3, -0.25) is 4.99 Å². The maximum absolute atomic E-state index is 4.86. The fraction of sp³-hybridized carbons (Fsp3) is 0.237. The highest BCUT2D eigenvalue weighted by Crippen LogP contribution is 2.38. The Hall–Kier alpha value is -4.37. The molecule has 4 aromatic carbocycles. The van der Waals surface area contributed by atoms with Gasteiger partial charge in [-0.05, 0) is 104 Å². The average Bonchev–Trinajstić information content (AvgIpc) is 3.01. The maximum atomic E-state index is 4.86. The molecule has 1 N–H and O–H groups in total. The van der Waals surface area contributed by atoms with Crippen molar-refractivity contribution in [2.24, 2.45) is 4.99 Å². The van der Waals surface area contributed by atoms with Crippen LogP contribution in [0.5, 0.6) is 0 Å². The second-order valence-corrected chi connectivity index (χ2v) is 10.7. The number of aliphatic imine (C=N–C) groups is 1. The Morgan fingerprint density at radius 2 is 1.41 bits per heavy atom. The van der Waals surface area contributed by atoms with Crippen molar-refractivity contribution >= 4 is 39.1 Å². The number of benzene rings is 4.